The molecule has 188 valence electrons. The number of carbonyl (C=O) groups excluding carboxylic acids is 2. The molecule has 1 saturated heterocycles. The summed E-state index contributed by atoms with van der Waals surface area (Å²) in [5.74, 6) is -0.644. The summed E-state index contributed by atoms with van der Waals surface area (Å²) >= 11 is 0. The number of methoxy groups -OCH3 is 2. The summed E-state index contributed by atoms with van der Waals surface area (Å²) in [7, 11) is 4.40. The van der Waals surface area contributed by atoms with Crippen molar-refractivity contribution in [3.8, 4) is 11.5 Å². The van der Waals surface area contributed by atoms with E-state index in [4.69, 9.17) is 15.2 Å². The fourth-order valence-electron chi connectivity index (χ4n) is 4.32. The molecule has 2 amide bonds. The van der Waals surface area contributed by atoms with Crippen LogP contribution in [0, 0.1) is 5.92 Å². The van der Waals surface area contributed by atoms with E-state index >= 15 is 0 Å². The van der Waals surface area contributed by atoms with E-state index < -0.39 is 23.1 Å². The van der Waals surface area contributed by atoms with E-state index in [9.17, 15) is 19.2 Å². The van der Waals surface area contributed by atoms with Crippen LogP contribution in [0.15, 0.2) is 58.1 Å². The van der Waals surface area contributed by atoms with Crippen molar-refractivity contribution in [3.05, 3.63) is 74.9 Å². The predicted molar refractivity (Wildman–Crippen MR) is 135 cm³/mol. The fourth-order valence-corrected chi connectivity index (χ4v) is 4.32. The third-order valence-corrected chi connectivity index (χ3v) is 6.21. The van der Waals surface area contributed by atoms with Crippen molar-refractivity contribution in [2.45, 2.75) is 13.0 Å². The highest BCUT2D eigenvalue weighted by molar-refractivity contribution is 6.05. The van der Waals surface area contributed by atoms with Crippen LogP contribution in [-0.4, -0.2) is 49.2 Å². The van der Waals surface area contributed by atoms with Crippen molar-refractivity contribution in [1.82, 2.24) is 9.55 Å². The molecule has 1 unspecified atom stereocenters. The Morgan fingerprint density at radius 3 is 2.50 bits per heavy atom. The van der Waals surface area contributed by atoms with Crippen LogP contribution < -0.4 is 36.3 Å². The highest BCUT2D eigenvalue weighted by Crippen LogP contribution is 2.36. The molecule has 11 heteroatoms. The van der Waals surface area contributed by atoms with Crippen LogP contribution in [0.5, 0.6) is 11.5 Å². The van der Waals surface area contributed by atoms with E-state index in [1.165, 1.54) is 30.7 Å². The number of anilines is 3. The summed E-state index contributed by atoms with van der Waals surface area (Å²) < 4.78 is 11.8. The maximum Gasteiger partial charge on any atom is 0.330 e. The van der Waals surface area contributed by atoms with Crippen molar-refractivity contribution >= 4 is 29.0 Å². The summed E-state index contributed by atoms with van der Waals surface area (Å²) in [6.45, 7) is 0.190. The average Bonchev–Trinajstić information content (AvgIpc) is 3.27. The van der Waals surface area contributed by atoms with E-state index in [0.29, 0.717) is 17.2 Å². The lowest BCUT2D eigenvalue weighted by Crippen LogP contribution is -2.42. The summed E-state index contributed by atoms with van der Waals surface area (Å²) in [6.07, 6.45) is -0.0645. The molecule has 2 aromatic carbocycles. The molecule has 1 aromatic heterocycles. The Labute approximate surface area is 206 Å². The molecule has 0 spiro atoms. The van der Waals surface area contributed by atoms with Gasteiger partial charge in [0, 0.05) is 26.1 Å². The quantitative estimate of drug-likeness (QED) is 0.504. The molecule has 0 aliphatic carbocycles. The molecule has 11 nitrogen and oxygen atoms in total. The number of nitrogens with two attached hydrogens (primary N) is 1. The topological polar surface area (TPSA) is 140 Å². The number of nitrogen functional groups attached to an aromatic ring is 1. The number of ether oxygens (including phenoxy) is 2. The lowest BCUT2D eigenvalue weighted by molar-refractivity contribution is -0.124. The number of carbonyl (C=O) groups is 2. The van der Waals surface area contributed by atoms with Gasteiger partial charge in [-0.3, -0.25) is 23.9 Å². The second-order valence-electron chi connectivity index (χ2n) is 8.41. The smallest absolute Gasteiger partial charge is 0.330 e. The van der Waals surface area contributed by atoms with E-state index in [1.807, 2.05) is 30.3 Å². The van der Waals surface area contributed by atoms with Gasteiger partial charge < -0.3 is 25.0 Å². The predicted octanol–water partition coefficient (Wildman–Crippen LogP) is 1.20. The minimum Gasteiger partial charge on any atom is -0.497 e. The summed E-state index contributed by atoms with van der Waals surface area (Å²) in [5, 5.41) is 0. The Morgan fingerprint density at radius 1 is 1.11 bits per heavy atom. The highest BCUT2D eigenvalue weighted by atomic mass is 16.5. The van der Waals surface area contributed by atoms with Gasteiger partial charge >= 0.3 is 5.69 Å². The number of hydrogen-bond acceptors (Lipinski definition) is 7. The summed E-state index contributed by atoms with van der Waals surface area (Å²) in [5.41, 5.74) is 5.88. The first-order valence-electron chi connectivity index (χ1n) is 11.2. The molecule has 1 atom stereocenters. The Morgan fingerprint density at radius 2 is 1.83 bits per heavy atom. The Kier molecular flexibility index (Phi) is 6.82. The second kappa shape index (κ2) is 9.98. The zero-order valence-corrected chi connectivity index (χ0v) is 20.2. The Bertz CT molecular complexity index is 1410. The zero-order valence-electron chi connectivity index (χ0n) is 20.2. The van der Waals surface area contributed by atoms with Crippen molar-refractivity contribution in [1.29, 1.82) is 0 Å². The Hall–Kier alpha value is -4.54. The molecule has 0 radical (unpaired) electrons. The number of H-pyrrole nitrogens is 1. The van der Waals surface area contributed by atoms with Crippen molar-refractivity contribution in [2.75, 3.05) is 43.3 Å². The maximum atomic E-state index is 13.4. The first kappa shape index (κ1) is 24.6. The molecule has 1 fully saturated rings. The van der Waals surface area contributed by atoms with Gasteiger partial charge in [-0.25, -0.2) is 4.79 Å². The van der Waals surface area contributed by atoms with Gasteiger partial charge in [-0.05, 0) is 17.7 Å². The molecular formula is C25H27N5O6. The molecule has 0 bridgehead atoms. The van der Waals surface area contributed by atoms with Gasteiger partial charge in [0.1, 0.15) is 17.3 Å². The van der Waals surface area contributed by atoms with Gasteiger partial charge in [-0.2, -0.15) is 0 Å². The summed E-state index contributed by atoms with van der Waals surface area (Å²) in [4.78, 5) is 56.2. The molecule has 36 heavy (non-hydrogen) atoms. The monoisotopic (exact) mass is 493 g/mol. The molecule has 3 aromatic rings. The van der Waals surface area contributed by atoms with Crippen molar-refractivity contribution in [2.24, 2.45) is 5.92 Å². The van der Waals surface area contributed by atoms with Gasteiger partial charge in [0.05, 0.1) is 32.4 Å². The van der Waals surface area contributed by atoms with E-state index in [1.54, 1.807) is 18.2 Å². The highest BCUT2D eigenvalue weighted by Gasteiger charge is 2.39. The third kappa shape index (κ3) is 4.54. The fraction of sp³-hybridized carbons (Fsp3) is 0.280. The minimum atomic E-state index is -0.784. The largest absolute Gasteiger partial charge is 0.497 e. The molecule has 1 aliphatic heterocycles. The van der Waals surface area contributed by atoms with Crippen LogP contribution >= 0.6 is 0 Å². The number of rotatable bonds is 7. The average molecular weight is 494 g/mol. The van der Waals surface area contributed by atoms with Crippen LogP contribution in [0.25, 0.3) is 0 Å². The number of nitrogens with zero attached hydrogens (tertiary/aromatic N) is 3. The van der Waals surface area contributed by atoms with Crippen molar-refractivity contribution < 1.29 is 19.1 Å². The van der Waals surface area contributed by atoms with Crippen LogP contribution in [0.2, 0.25) is 0 Å². The van der Waals surface area contributed by atoms with Crippen LogP contribution in [0.4, 0.5) is 17.2 Å². The minimum absolute atomic E-state index is 0.0645. The number of benzene rings is 2. The number of hydrogen-bond donors (Lipinski definition) is 2. The molecule has 4 rings (SSSR count). The van der Waals surface area contributed by atoms with Gasteiger partial charge in [0.25, 0.3) is 5.56 Å². The molecule has 2 heterocycles. The van der Waals surface area contributed by atoms with Gasteiger partial charge in [0.15, 0.2) is 5.69 Å². The van der Waals surface area contributed by atoms with Crippen LogP contribution in [0.1, 0.15) is 12.0 Å². The normalized spacial score (nSPS) is 15.1. The number of nitrogens with one attached hydrogen (secondary N) is 1. The van der Waals surface area contributed by atoms with E-state index in [-0.39, 0.29) is 36.9 Å². The van der Waals surface area contributed by atoms with Crippen LogP contribution in [-0.2, 0) is 16.1 Å². The lowest BCUT2D eigenvalue weighted by atomic mass is 10.1. The maximum absolute atomic E-state index is 13.4. The number of aromatic nitrogens is 2. The van der Waals surface area contributed by atoms with Gasteiger partial charge in [0.2, 0.25) is 11.8 Å². The van der Waals surface area contributed by atoms with Gasteiger partial charge in [-0.15, -0.1) is 0 Å². The third-order valence-electron chi connectivity index (χ3n) is 6.21. The first-order valence-corrected chi connectivity index (χ1v) is 11.2. The zero-order chi connectivity index (χ0) is 26.0. The molecule has 0 saturated carbocycles. The standard InChI is InChI=1S/C25H27N5O6/c1-28(21-22(26)30(25(34)27-23(21)32)13-15-7-5-4-6-8-15)24(33)16-11-20(31)29(14-16)18-12-17(35-2)9-10-19(18)36-3/h4-10,12,16H,11,13-14,26H2,1-3H3,(H,27,32,34). The Balaban J connectivity index is 1.62. The molecular weight excluding hydrogens is 466 g/mol. The van der Waals surface area contributed by atoms with E-state index in [2.05, 4.69) is 4.98 Å². The number of amides is 2. The lowest BCUT2D eigenvalue weighted by Gasteiger charge is -2.24. The number of aromatic amines is 1. The van der Waals surface area contributed by atoms with Crippen LogP contribution in [0.3, 0.4) is 0 Å². The first-order chi connectivity index (χ1) is 17.2. The molecule has 3 N–H and O–H groups in total. The SMILES string of the molecule is COc1ccc(OC)c(N2CC(C(=O)N(C)c3c(N)n(Cc4ccccc4)c(=O)[nH]c3=O)CC2=O)c1. The van der Waals surface area contributed by atoms with Crippen molar-refractivity contribution in [3.63, 3.8) is 0 Å². The molecule has 1 aliphatic rings. The second-order valence-corrected chi connectivity index (χ2v) is 8.41. The summed E-state index contributed by atoms with van der Waals surface area (Å²) in [6, 6.07) is 14.2. The van der Waals surface area contributed by atoms with E-state index in [0.717, 1.165) is 10.5 Å². The van der Waals surface area contributed by atoms with Gasteiger partial charge in [-0.1, -0.05) is 30.3 Å².